The minimum atomic E-state index is -4.55. The number of phosphoric ester groups is 1. The maximum absolute atomic E-state index is 13.5. The molecule has 16 nitrogen and oxygen atoms in total. The van der Waals surface area contributed by atoms with Crippen LogP contribution in [0.4, 0.5) is 0 Å². The number of carbonyl (C=O) groups excluding carboxylic acids is 3. The molecule has 2 fully saturated rings. The number of carbonyl (C=O) groups is 3. The molecule has 0 radical (unpaired) electrons. The van der Waals surface area contributed by atoms with Gasteiger partial charge < -0.3 is 29.4 Å². The predicted molar refractivity (Wildman–Crippen MR) is 141 cm³/mol. The van der Waals surface area contributed by atoms with Gasteiger partial charge in [0.25, 0.3) is 11.5 Å². The summed E-state index contributed by atoms with van der Waals surface area (Å²) in [6.45, 7) is 10.9. The zero-order valence-electron chi connectivity index (χ0n) is 24.8. The number of esters is 2. The highest BCUT2D eigenvalue weighted by Gasteiger charge is 2.56. The lowest BCUT2D eigenvalue weighted by molar-refractivity contribution is -0.200. The van der Waals surface area contributed by atoms with Crippen LogP contribution in [0.3, 0.4) is 0 Å². The normalized spacial score (nSPS) is 23.8. The van der Waals surface area contributed by atoms with Crippen molar-refractivity contribution in [3.05, 3.63) is 28.4 Å². The standard InChI is InChI=1S/C25H38N3O13P/c1-23(2,3)21(31)34-12-37-42(33,38-13-35-22(32)24(4,5)6)36-11-14-16-17(41-25(7,8)40-16)20(39-14)28-10-9-27-15(18(26)29)19(28)30/h9-10,14,16-17,20H,11-13H2,1-8H3,(H2,26,29)/t14-,16-,17-,20-/m1/s1. The van der Waals surface area contributed by atoms with Crippen LogP contribution in [0.2, 0.25) is 0 Å². The maximum Gasteiger partial charge on any atom is 0.480 e. The first-order chi connectivity index (χ1) is 19.2. The lowest BCUT2D eigenvalue weighted by Gasteiger charge is -2.26. The first-order valence-corrected chi connectivity index (χ1v) is 14.5. The second kappa shape index (κ2) is 12.5. The summed E-state index contributed by atoms with van der Waals surface area (Å²) in [6, 6.07) is 0. The van der Waals surface area contributed by atoms with Crippen molar-refractivity contribution in [3.8, 4) is 0 Å². The maximum atomic E-state index is 13.5. The number of hydrogen-bond donors (Lipinski definition) is 1. The molecule has 0 bridgehead atoms. The van der Waals surface area contributed by atoms with Crippen molar-refractivity contribution in [3.63, 3.8) is 0 Å². The second-order valence-electron chi connectivity index (χ2n) is 12.1. The van der Waals surface area contributed by atoms with Crippen molar-refractivity contribution in [2.45, 2.75) is 85.7 Å². The van der Waals surface area contributed by atoms with E-state index in [0.717, 1.165) is 4.57 Å². The minimum Gasteiger partial charge on any atom is -0.437 e. The highest BCUT2D eigenvalue weighted by molar-refractivity contribution is 7.48. The van der Waals surface area contributed by atoms with E-state index in [1.807, 2.05) is 0 Å². The van der Waals surface area contributed by atoms with E-state index in [1.54, 1.807) is 55.4 Å². The average Bonchev–Trinajstić information content (AvgIpc) is 3.34. The number of ether oxygens (including phenoxy) is 5. The summed E-state index contributed by atoms with van der Waals surface area (Å²) in [7, 11) is -4.55. The van der Waals surface area contributed by atoms with Crippen LogP contribution in [0.1, 0.15) is 72.1 Å². The smallest absolute Gasteiger partial charge is 0.437 e. The van der Waals surface area contributed by atoms with Gasteiger partial charge in [-0.2, -0.15) is 0 Å². The molecule has 1 amide bonds. The summed E-state index contributed by atoms with van der Waals surface area (Å²) in [5.74, 6) is -3.41. The fraction of sp³-hybridized carbons (Fsp3) is 0.720. The molecule has 2 N–H and O–H groups in total. The summed E-state index contributed by atoms with van der Waals surface area (Å²) in [4.78, 5) is 52.5. The molecule has 0 spiro atoms. The Morgan fingerprint density at radius 2 is 1.50 bits per heavy atom. The Labute approximate surface area is 242 Å². The van der Waals surface area contributed by atoms with E-state index in [4.69, 9.17) is 43.0 Å². The third-order valence-corrected chi connectivity index (χ3v) is 7.23. The van der Waals surface area contributed by atoms with E-state index in [9.17, 15) is 23.7 Å². The summed E-state index contributed by atoms with van der Waals surface area (Å²) >= 11 is 0. The van der Waals surface area contributed by atoms with Gasteiger partial charge in [-0.25, -0.2) is 18.6 Å². The van der Waals surface area contributed by atoms with Crippen LogP contribution in [0.5, 0.6) is 0 Å². The van der Waals surface area contributed by atoms with Crippen molar-refractivity contribution < 1.29 is 56.2 Å². The molecule has 0 aromatic carbocycles. The molecule has 0 aliphatic carbocycles. The van der Waals surface area contributed by atoms with Crippen LogP contribution >= 0.6 is 7.82 Å². The number of aromatic nitrogens is 2. The lowest BCUT2D eigenvalue weighted by atomic mass is 9.98. The SMILES string of the molecule is CC1(C)O[C@@H]2[C@H](O1)[C@@H](COP(=O)(OCOC(=O)C(C)(C)C)OCOC(=O)C(C)(C)C)O[C@H]2n1ccnc(C(N)=O)c1=O. The number of rotatable bonds is 11. The first-order valence-electron chi connectivity index (χ1n) is 13.0. The number of hydrogen-bond acceptors (Lipinski definition) is 14. The Morgan fingerprint density at radius 3 is 2.00 bits per heavy atom. The molecule has 2 aliphatic rings. The molecule has 0 unspecified atom stereocenters. The molecule has 4 atom stereocenters. The fourth-order valence-corrected chi connectivity index (χ4v) is 4.73. The largest absolute Gasteiger partial charge is 0.480 e. The third-order valence-electron chi connectivity index (χ3n) is 5.92. The highest BCUT2D eigenvalue weighted by atomic mass is 31.2. The number of nitrogens with zero attached hydrogens (tertiary/aromatic N) is 2. The highest BCUT2D eigenvalue weighted by Crippen LogP contribution is 2.51. The Balaban J connectivity index is 1.78. The van der Waals surface area contributed by atoms with E-state index in [1.165, 1.54) is 12.4 Å². The van der Waals surface area contributed by atoms with Crippen molar-refractivity contribution in [2.75, 3.05) is 20.2 Å². The van der Waals surface area contributed by atoms with Gasteiger partial charge in [-0.1, -0.05) is 0 Å². The zero-order chi connectivity index (χ0) is 31.7. The van der Waals surface area contributed by atoms with Crippen LogP contribution in [0.15, 0.2) is 17.2 Å². The van der Waals surface area contributed by atoms with E-state index in [-0.39, 0.29) is 0 Å². The number of amides is 1. The minimum absolute atomic E-state index is 0.489. The van der Waals surface area contributed by atoms with Crippen LogP contribution in [-0.4, -0.2) is 71.7 Å². The van der Waals surface area contributed by atoms with E-state index >= 15 is 0 Å². The van der Waals surface area contributed by atoms with Crippen molar-refractivity contribution in [1.29, 1.82) is 0 Å². The number of fused-ring (bicyclic) bond motifs is 1. The molecule has 1 aromatic heterocycles. The fourth-order valence-electron chi connectivity index (χ4n) is 3.81. The predicted octanol–water partition coefficient (Wildman–Crippen LogP) is 2.01. The molecule has 17 heteroatoms. The summed E-state index contributed by atoms with van der Waals surface area (Å²) in [5.41, 5.74) is 2.21. The molecule has 3 rings (SSSR count). The van der Waals surface area contributed by atoms with E-state index in [0.29, 0.717) is 0 Å². The summed E-state index contributed by atoms with van der Waals surface area (Å²) in [5, 5.41) is 0. The molecular weight excluding hydrogens is 581 g/mol. The van der Waals surface area contributed by atoms with Gasteiger partial charge in [0.1, 0.15) is 18.3 Å². The van der Waals surface area contributed by atoms with Crippen LogP contribution in [0, 0.1) is 10.8 Å². The topological polar surface area (TPSA) is 203 Å². The molecular formula is C25H38N3O13P. The van der Waals surface area contributed by atoms with Crippen molar-refractivity contribution in [1.82, 2.24) is 9.55 Å². The van der Waals surface area contributed by atoms with Crippen LogP contribution < -0.4 is 11.3 Å². The van der Waals surface area contributed by atoms with Gasteiger partial charge in [0.2, 0.25) is 13.6 Å². The monoisotopic (exact) mass is 619 g/mol. The second-order valence-corrected chi connectivity index (χ2v) is 13.8. The van der Waals surface area contributed by atoms with Crippen LogP contribution in [0.25, 0.3) is 0 Å². The summed E-state index contributed by atoms with van der Waals surface area (Å²) < 4.78 is 58.4. The molecule has 3 heterocycles. The number of nitrogens with two attached hydrogens (primary N) is 1. The van der Waals surface area contributed by atoms with Gasteiger partial charge in [0.05, 0.1) is 17.4 Å². The molecule has 2 aliphatic heterocycles. The van der Waals surface area contributed by atoms with Gasteiger partial charge in [-0.05, 0) is 55.4 Å². The lowest BCUT2D eigenvalue weighted by Crippen LogP contribution is -2.37. The molecule has 42 heavy (non-hydrogen) atoms. The van der Waals surface area contributed by atoms with Gasteiger partial charge in [-0.3, -0.25) is 28.3 Å². The zero-order valence-corrected chi connectivity index (χ0v) is 25.7. The van der Waals surface area contributed by atoms with Crippen molar-refractivity contribution in [2.24, 2.45) is 16.6 Å². The van der Waals surface area contributed by atoms with E-state index in [2.05, 4.69) is 4.98 Å². The Hall–Kier alpha value is -2.72. The van der Waals surface area contributed by atoms with Gasteiger partial charge in [-0.15, -0.1) is 0 Å². The van der Waals surface area contributed by atoms with Crippen LogP contribution in [-0.2, 0) is 51.4 Å². The van der Waals surface area contributed by atoms with Gasteiger partial charge >= 0.3 is 19.8 Å². The molecule has 0 saturated carbocycles. The molecule has 2 saturated heterocycles. The third kappa shape index (κ3) is 8.22. The molecule has 236 valence electrons. The number of phosphoric acid groups is 1. The van der Waals surface area contributed by atoms with Crippen molar-refractivity contribution >= 4 is 25.7 Å². The van der Waals surface area contributed by atoms with Gasteiger partial charge in [0.15, 0.2) is 17.7 Å². The number of primary amides is 1. The summed E-state index contributed by atoms with van der Waals surface area (Å²) in [6.07, 6.45) is -1.32. The Bertz CT molecular complexity index is 1250. The Morgan fingerprint density at radius 1 is 0.976 bits per heavy atom. The van der Waals surface area contributed by atoms with Gasteiger partial charge in [0, 0.05) is 12.4 Å². The molecule has 1 aromatic rings. The quantitative estimate of drug-likeness (QED) is 0.214. The Kier molecular flexibility index (Phi) is 10.0. The van der Waals surface area contributed by atoms with E-state index < -0.39 is 98.3 Å². The first kappa shape index (κ1) is 33.8. The average molecular weight is 620 g/mol.